The van der Waals surface area contributed by atoms with Crippen LogP contribution < -0.4 is 0 Å². The second kappa shape index (κ2) is 2.04. The highest BCUT2D eigenvalue weighted by Crippen LogP contribution is 2.46. The predicted molar refractivity (Wildman–Crippen MR) is 47.2 cm³/mol. The first-order valence-electron chi connectivity index (χ1n) is 3.29. The number of rotatable bonds is 0. The van der Waals surface area contributed by atoms with Gasteiger partial charge >= 0.3 is 0 Å². The molecule has 0 bridgehead atoms. The lowest BCUT2D eigenvalue weighted by Gasteiger charge is -2.45. The standard InChI is InChI=1S/C6H15NO2S/c1-7-3-5-10(2,8,9)6-4-7/h5,8-9H,3-4,6H2,1-2H3. The van der Waals surface area contributed by atoms with Gasteiger partial charge in [-0.15, -0.1) is 0 Å². The van der Waals surface area contributed by atoms with Crippen LogP contribution in [0.5, 0.6) is 0 Å². The van der Waals surface area contributed by atoms with E-state index in [2.05, 4.69) is 4.90 Å². The van der Waals surface area contributed by atoms with Crippen LogP contribution in [0.2, 0.25) is 0 Å². The summed E-state index contributed by atoms with van der Waals surface area (Å²) in [6, 6.07) is 0. The van der Waals surface area contributed by atoms with Gasteiger partial charge in [-0.2, -0.15) is 0 Å². The van der Waals surface area contributed by atoms with Gasteiger partial charge in [0.15, 0.2) is 0 Å². The van der Waals surface area contributed by atoms with Crippen LogP contribution in [-0.4, -0.2) is 51.5 Å². The van der Waals surface area contributed by atoms with Crippen molar-refractivity contribution >= 4 is 14.7 Å². The molecule has 0 saturated heterocycles. The van der Waals surface area contributed by atoms with Crippen molar-refractivity contribution in [3.8, 4) is 0 Å². The summed E-state index contributed by atoms with van der Waals surface area (Å²) in [7, 11) is -1.05. The van der Waals surface area contributed by atoms with E-state index in [-0.39, 0.29) is 0 Å². The zero-order chi connectivity index (χ0) is 7.85. The van der Waals surface area contributed by atoms with E-state index in [1.165, 1.54) is 0 Å². The summed E-state index contributed by atoms with van der Waals surface area (Å²) in [5.74, 6) is 0.494. The lowest BCUT2D eigenvalue weighted by atomic mass is 10.6. The largest absolute Gasteiger partial charge is 0.311 e. The number of hydrogen-bond donors (Lipinski definition) is 2. The molecule has 0 atom stereocenters. The van der Waals surface area contributed by atoms with Gasteiger partial charge in [-0.3, -0.25) is 0 Å². The molecule has 0 spiro atoms. The van der Waals surface area contributed by atoms with E-state index in [0.717, 1.165) is 6.54 Å². The summed E-state index contributed by atoms with van der Waals surface area (Å²) in [5.41, 5.74) is 0. The van der Waals surface area contributed by atoms with Crippen LogP contribution in [-0.2, 0) is 0 Å². The summed E-state index contributed by atoms with van der Waals surface area (Å²) in [6.07, 6.45) is 1.55. The molecule has 1 aliphatic rings. The van der Waals surface area contributed by atoms with Crippen molar-refractivity contribution in [2.45, 2.75) is 0 Å². The van der Waals surface area contributed by atoms with Gasteiger partial charge < -0.3 is 14.0 Å². The smallest absolute Gasteiger partial charge is 0.0374 e. The van der Waals surface area contributed by atoms with Gasteiger partial charge in [0.2, 0.25) is 0 Å². The topological polar surface area (TPSA) is 43.7 Å². The quantitative estimate of drug-likeness (QED) is 0.518. The molecule has 0 aromatic carbocycles. The molecule has 1 aliphatic heterocycles. The van der Waals surface area contributed by atoms with E-state index in [9.17, 15) is 9.11 Å². The fraction of sp³-hybridized carbons (Fsp3) is 0.833. The molecule has 0 aliphatic carbocycles. The highest BCUT2D eigenvalue weighted by molar-refractivity contribution is 8.38. The average Bonchev–Trinajstić information content (AvgIpc) is 1.77. The van der Waals surface area contributed by atoms with Gasteiger partial charge in [-0.1, -0.05) is 0 Å². The normalized spacial score (nSPS) is 35.4. The minimum Gasteiger partial charge on any atom is -0.311 e. The molecule has 10 heavy (non-hydrogen) atoms. The maximum absolute atomic E-state index is 9.54. The molecule has 0 unspecified atom stereocenters. The molecule has 0 fully saturated rings. The summed E-state index contributed by atoms with van der Waals surface area (Å²) in [4.78, 5) is 2.06. The molecule has 4 heteroatoms. The first-order chi connectivity index (χ1) is 4.37. The van der Waals surface area contributed by atoms with E-state index < -0.39 is 9.31 Å². The Morgan fingerprint density at radius 1 is 1.50 bits per heavy atom. The first-order valence-corrected chi connectivity index (χ1v) is 5.88. The average molecular weight is 165 g/mol. The van der Waals surface area contributed by atoms with E-state index in [4.69, 9.17) is 0 Å². The summed E-state index contributed by atoms with van der Waals surface area (Å²) >= 11 is 0. The van der Waals surface area contributed by atoms with Gasteiger partial charge in [-0.05, 0) is 12.4 Å². The van der Waals surface area contributed by atoms with E-state index >= 15 is 0 Å². The van der Waals surface area contributed by atoms with Crippen molar-refractivity contribution in [2.75, 3.05) is 32.1 Å². The van der Waals surface area contributed by atoms with Crippen LogP contribution in [0.3, 0.4) is 0 Å². The fourth-order valence-corrected chi connectivity index (χ4v) is 2.45. The van der Waals surface area contributed by atoms with Crippen LogP contribution >= 0.6 is 9.31 Å². The van der Waals surface area contributed by atoms with Crippen molar-refractivity contribution < 1.29 is 9.11 Å². The molecule has 3 nitrogen and oxygen atoms in total. The first kappa shape index (κ1) is 8.20. The fourth-order valence-electron chi connectivity index (χ4n) is 0.877. The van der Waals surface area contributed by atoms with Gasteiger partial charge in [0.25, 0.3) is 0 Å². The number of nitrogens with zero attached hydrogens (tertiary/aromatic N) is 1. The molecular formula is C6H15NO2S. The summed E-state index contributed by atoms with van der Waals surface area (Å²) < 4.78 is 19.1. The minimum absolute atomic E-state index is 0.494. The van der Waals surface area contributed by atoms with Crippen molar-refractivity contribution in [3.63, 3.8) is 0 Å². The van der Waals surface area contributed by atoms with Crippen LogP contribution in [0.4, 0.5) is 0 Å². The van der Waals surface area contributed by atoms with Crippen molar-refractivity contribution in [2.24, 2.45) is 0 Å². The van der Waals surface area contributed by atoms with Crippen LogP contribution in [0.1, 0.15) is 0 Å². The molecule has 1 heterocycles. The van der Waals surface area contributed by atoms with Crippen LogP contribution in [0.15, 0.2) is 0 Å². The lowest BCUT2D eigenvalue weighted by molar-refractivity contribution is 0.386. The van der Waals surface area contributed by atoms with Crippen LogP contribution in [0.25, 0.3) is 0 Å². The summed E-state index contributed by atoms with van der Waals surface area (Å²) in [6.45, 7) is 1.47. The van der Waals surface area contributed by atoms with E-state index in [0.29, 0.717) is 12.3 Å². The Bertz CT molecular complexity index is 195. The molecule has 1 rings (SSSR count). The molecule has 0 radical (unpaired) electrons. The monoisotopic (exact) mass is 165 g/mol. The maximum atomic E-state index is 9.54. The minimum atomic E-state index is -3.03. The Hall–Kier alpha value is 0.1000. The Kier molecular flexibility index (Phi) is 1.67. The SMILES string of the molecule is CN1CC=S(C)(O)(O)CC1. The molecule has 0 aromatic rings. The second-order valence-electron chi connectivity index (χ2n) is 3.24. The van der Waals surface area contributed by atoms with Crippen LogP contribution in [0, 0.1) is 0 Å². The molecular weight excluding hydrogens is 150 g/mol. The Balaban J connectivity index is 2.84. The lowest BCUT2D eigenvalue weighted by Crippen LogP contribution is -2.35. The second-order valence-corrected chi connectivity index (χ2v) is 7.20. The van der Waals surface area contributed by atoms with Crippen molar-refractivity contribution in [1.82, 2.24) is 4.90 Å². The third kappa shape index (κ3) is 2.05. The molecule has 2 N–H and O–H groups in total. The van der Waals surface area contributed by atoms with Gasteiger partial charge in [0.05, 0.1) is 0 Å². The molecule has 0 aromatic heterocycles. The molecule has 0 saturated carbocycles. The third-order valence-corrected chi connectivity index (χ3v) is 4.01. The zero-order valence-electron chi connectivity index (χ0n) is 6.45. The Morgan fingerprint density at radius 3 is 2.40 bits per heavy atom. The van der Waals surface area contributed by atoms with Crippen molar-refractivity contribution in [1.29, 1.82) is 0 Å². The van der Waals surface area contributed by atoms with Crippen molar-refractivity contribution in [3.05, 3.63) is 0 Å². The molecule has 62 valence electrons. The van der Waals surface area contributed by atoms with E-state index in [1.54, 1.807) is 11.6 Å². The zero-order valence-corrected chi connectivity index (χ0v) is 7.27. The Morgan fingerprint density at radius 2 is 2.10 bits per heavy atom. The van der Waals surface area contributed by atoms with Gasteiger partial charge in [-0.25, -0.2) is 9.31 Å². The van der Waals surface area contributed by atoms with E-state index in [1.807, 2.05) is 7.05 Å². The highest BCUT2D eigenvalue weighted by Gasteiger charge is 2.18. The van der Waals surface area contributed by atoms with Gasteiger partial charge in [0, 0.05) is 25.1 Å². The third-order valence-electron chi connectivity index (χ3n) is 1.80. The maximum Gasteiger partial charge on any atom is 0.0374 e. The molecule has 0 amide bonds. The Labute approximate surface area is 61.6 Å². The predicted octanol–water partition coefficient (Wildman–Crippen LogP) is 0.650. The summed E-state index contributed by atoms with van der Waals surface area (Å²) in [5, 5.41) is 1.64. The number of hydrogen-bond acceptors (Lipinski definition) is 3. The van der Waals surface area contributed by atoms with Gasteiger partial charge in [0.1, 0.15) is 0 Å². The highest BCUT2D eigenvalue weighted by atomic mass is 32.3.